The van der Waals surface area contributed by atoms with E-state index in [2.05, 4.69) is 10.2 Å². The van der Waals surface area contributed by atoms with Gasteiger partial charge in [0.15, 0.2) is 0 Å². The molecule has 4 rings (SSSR count). The molecule has 0 aliphatic rings. The van der Waals surface area contributed by atoms with Crippen molar-refractivity contribution in [1.82, 2.24) is 14.8 Å². The molecule has 2 aromatic carbocycles. The van der Waals surface area contributed by atoms with E-state index in [1.807, 2.05) is 63.2 Å². The molecule has 138 valence electrons. The van der Waals surface area contributed by atoms with Crippen molar-refractivity contribution in [3.63, 3.8) is 0 Å². The largest absolute Gasteiger partial charge is 0.443 e. The average molecular weight is 363 g/mol. The number of hydrogen-bond donors (Lipinski definition) is 2. The van der Waals surface area contributed by atoms with Gasteiger partial charge in [-0.15, -0.1) is 0 Å². The fraction of sp³-hybridized carbons (Fsp3) is 0.238. The number of aromatic amines is 1. The first kappa shape index (κ1) is 17.3. The highest BCUT2D eigenvalue weighted by atomic mass is 16.6. The van der Waals surface area contributed by atoms with E-state index in [1.165, 1.54) is 0 Å². The van der Waals surface area contributed by atoms with Crippen LogP contribution in [0.2, 0.25) is 0 Å². The van der Waals surface area contributed by atoms with Gasteiger partial charge in [-0.3, -0.25) is 5.10 Å². The molecule has 0 saturated carbocycles. The fourth-order valence-electron chi connectivity index (χ4n) is 3.20. The summed E-state index contributed by atoms with van der Waals surface area (Å²) in [4.78, 5) is 13.0. The molecule has 0 fully saturated rings. The number of nitrogens with one attached hydrogen (secondary N) is 1. The van der Waals surface area contributed by atoms with E-state index in [9.17, 15) is 9.90 Å². The van der Waals surface area contributed by atoms with Crippen LogP contribution < -0.4 is 0 Å². The minimum Gasteiger partial charge on any atom is -0.443 e. The Balaban J connectivity index is 1.98. The number of para-hydroxylation sites is 1. The normalized spacial score (nSPS) is 12.0. The van der Waals surface area contributed by atoms with E-state index in [4.69, 9.17) is 4.74 Å². The Morgan fingerprint density at radius 2 is 1.96 bits per heavy atom. The van der Waals surface area contributed by atoms with Gasteiger partial charge in [0.2, 0.25) is 0 Å². The highest BCUT2D eigenvalue weighted by Crippen LogP contribution is 2.32. The van der Waals surface area contributed by atoms with E-state index in [0.29, 0.717) is 16.9 Å². The molecule has 2 aromatic heterocycles. The molecule has 0 amide bonds. The van der Waals surface area contributed by atoms with Gasteiger partial charge < -0.3 is 9.84 Å². The molecular weight excluding hydrogens is 342 g/mol. The molecule has 0 aliphatic carbocycles. The topological polar surface area (TPSA) is 80.1 Å². The molecule has 0 atom stereocenters. The van der Waals surface area contributed by atoms with Gasteiger partial charge in [0.1, 0.15) is 11.3 Å². The Morgan fingerprint density at radius 3 is 2.70 bits per heavy atom. The minimum atomic E-state index is -0.621. The van der Waals surface area contributed by atoms with Crippen LogP contribution >= 0.6 is 0 Å². The molecule has 0 bridgehead atoms. The molecule has 27 heavy (non-hydrogen) atoms. The lowest BCUT2D eigenvalue weighted by Gasteiger charge is -2.20. The van der Waals surface area contributed by atoms with Crippen LogP contribution in [0.5, 0.6) is 0 Å². The number of aliphatic hydroxyl groups excluding tert-OH is 1. The van der Waals surface area contributed by atoms with Gasteiger partial charge in [0.05, 0.1) is 23.3 Å². The summed E-state index contributed by atoms with van der Waals surface area (Å²) in [6.45, 7) is 5.45. The van der Waals surface area contributed by atoms with E-state index in [0.717, 1.165) is 21.9 Å². The predicted molar refractivity (Wildman–Crippen MR) is 105 cm³/mol. The Kier molecular flexibility index (Phi) is 4.00. The highest BCUT2D eigenvalue weighted by molar-refractivity contribution is 6.01. The van der Waals surface area contributed by atoms with Crippen LogP contribution in [0.3, 0.4) is 0 Å². The summed E-state index contributed by atoms with van der Waals surface area (Å²) >= 11 is 0. The molecule has 2 heterocycles. The maximum absolute atomic E-state index is 13.0. The predicted octanol–water partition coefficient (Wildman–Crippen LogP) is 4.46. The lowest BCUT2D eigenvalue weighted by atomic mass is 10.1. The molecule has 0 unspecified atom stereocenters. The number of H-pyrrole nitrogens is 1. The summed E-state index contributed by atoms with van der Waals surface area (Å²) in [5.74, 6) is 0. The van der Waals surface area contributed by atoms with Crippen LogP contribution in [0, 0.1) is 0 Å². The molecule has 0 aliphatic heterocycles. The van der Waals surface area contributed by atoms with Gasteiger partial charge in [0.25, 0.3) is 0 Å². The number of rotatable bonds is 2. The van der Waals surface area contributed by atoms with Crippen molar-refractivity contribution in [3.8, 4) is 11.4 Å². The number of benzene rings is 2. The number of carbonyl (C=O) groups is 1. The van der Waals surface area contributed by atoms with Crippen LogP contribution in [-0.4, -0.2) is 31.6 Å². The van der Waals surface area contributed by atoms with Crippen LogP contribution in [0.25, 0.3) is 33.2 Å². The zero-order valence-electron chi connectivity index (χ0n) is 15.5. The Labute approximate surface area is 156 Å². The van der Waals surface area contributed by atoms with Crippen molar-refractivity contribution >= 4 is 27.9 Å². The van der Waals surface area contributed by atoms with Gasteiger partial charge in [0, 0.05) is 10.8 Å². The first-order chi connectivity index (χ1) is 12.9. The summed E-state index contributed by atoms with van der Waals surface area (Å²) in [7, 11) is 0. The standard InChI is InChI=1S/C21H21N3O3/c1-21(2,3)27-20(26)24-17-9-8-13(12-25)10-14(17)11-18(24)19-15-6-4-5-7-16(15)22-23-19/h4-11,25H,12H2,1-3H3,(H,22,23). The third-order valence-corrected chi connectivity index (χ3v) is 4.34. The summed E-state index contributed by atoms with van der Waals surface area (Å²) in [5.41, 5.74) is 3.09. The zero-order valence-corrected chi connectivity index (χ0v) is 15.5. The van der Waals surface area contributed by atoms with Crippen LogP contribution in [0.1, 0.15) is 26.3 Å². The third kappa shape index (κ3) is 3.08. The first-order valence-corrected chi connectivity index (χ1v) is 8.79. The Bertz CT molecular complexity index is 1150. The monoisotopic (exact) mass is 363 g/mol. The second-order valence-corrected chi connectivity index (χ2v) is 7.51. The van der Waals surface area contributed by atoms with Crippen molar-refractivity contribution in [2.75, 3.05) is 0 Å². The van der Waals surface area contributed by atoms with Gasteiger partial charge >= 0.3 is 6.09 Å². The third-order valence-electron chi connectivity index (χ3n) is 4.34. The van der Waals surface area contributed by atoms with Crippen molar-refractivity contribution in [1.29, 1.82) is 0 Å². The average Bonchev–Trinajstić information content (AvgIpc) is 3.20. The quantitative estimate of drug-likeness (QED) is 0.551. The fourth-order valence-corrected chi connectivity index (χ4v) is 3.20. The number of aromatic nitrogens is 3. The van der Waals surface area contributed by atoms with Crippen LogP contribution in [0.15, 0.2) is 48.5 Å². The lowest BCUT2D eigenvalue weighted by Crippen LogP contribution is -2.27. The summed E-state index contributed by atoms with van der Waals surface area (Å²) in [5, 5.41) is 18.7. The van der Waals surface area contributed by atoms with E-state index >= 15 is 0 Å². The summed E-state index contributed by atoms with van der Waals surface area (Å²) < 4.78 is 7.18. The maximum Gasteiger partial charge on any atom is 0.419 e. The number of fused-ring (bicyclic) bond motifs is 2. The molecule has 4 aromatic rings. The van der Waals surface area contributed by atoms with E-state index in [-0.39, 0.29) is 6.61 Å². The van der Waals surface area contributed by atoms with Gasteiger partial charge in [-0.25, -0.2) is 9.36 Å². The van der Waals surface area contributed by atoms with Crippen molar-refractivity contribution in [2.45, 2.75) is 33.0 Å². The maximum atomic E-state index is 13.0. The second kappa shape index (κ2) is 6.25. The van der Waals surface area contributed by atoms with E-state index < -0.39 is 11.7 Å². The molecule has 0 saturated heterocycles. The van der Waals surface area contributed by atoms with E-state index in [1.54, 1.807) is 10.6 Å². The van der Waals surface area contributed by atoms with Crippen LogP contribution in [-0.2, 0) is 11.3 Å². The summed E-state index contributed by atoms with van der Waals surface area (Å²) in [6.07, 6.45) is -0.462. The second-order valence-electron chi connectivity index (χ2n) is 7.51. The van der Waals surface area contributed by atoms with Crippen molar-refractivity contribution < 1.29 is 14.6 Å². The van der Waals surface area contributed by atoms with Crippen LogP contribution in [0.4, 0.5) is 4.79 Å². The number of ether oxygens (including phenoxy) is 1. The lowest BCUT2D eigenvalue weighted by molar-refractivity contribution is 0.0547. The molecule has 0 spiro atoms. The Hall–Kier alpha value is -3.12. The number of hydrogen-bond acceptors (Lipinski definition) is 4. The molecule has 0 radical (unpaired) electrons. The minimum absolute atomic E-state index is 0.0613. The first-order valence-electron chi connectivity index (χ1n) is 8.79. The number of carbonyl (C=O) groups excluding carboxylic acids is 1. The van der Waals surface area contributed by atoms with Gasteiger partial charge in [-0.2, -0.15) is 5.10 Å². The van der Waals surface area contributed by atoms with Crippen molar-refractivity contribution in [2.24, 2.45) is 0 Å². The number of aliphatic hydroxyl groups is 1. The molecule has 6 heteroatoms. The zero-order chi connectivity index (χ0) is 19.2. The van der Waals surface area contributed by atoms with Gasteiger partial charge in [-0.05, 0) is 50.6 Å². The Morgan fingerprint density at radius 1 is 1.19 bits per heavy atom. The van der Waals surface area contributed by atoms with Gasteiger partial charge in [-0.1, -0.05) is 24.3 Å². The van der Waals surface area contributed by atoms with Crippen molar-refractivity contribution in [3.05, 3.63) is 54.1 Å². The molecular formula is C21H21N3O3. The molecule has 2 N–H and O–H groups in total. The SMILES string of the molecule is CC(C)(C)OC(=O)n1c(-c2n[nH]c3ccccc23)cc2cc(CO)ccc21. The highest BCUT2D eigenvalue weighted by Gasteiger charge is 2.24. The summed E-state index contributed by atoms with van der Waals surface area (Å²) in [6, 6.07) is 15.2. The smallest absolute Gasteiger partial charge is 0.419 e. The molecule has 6 nitrogen and oxygen atoms in total. The number of nitrogens with zero attached hydrogens (tertiary/aromatic N) is 2.